The first-order valence-corrected chi connectivity index (χ1v) is 6.69. The van der Waals surface area contributed by atoms with Crippen molar-refractivity contribution in [3.63, 3.8) is 0 Å². The second-order valence-electron chi connectivity index (χ2n) is 4.15. The van der Waals surface area contributed by atoms with Crippen LogP contribution in [0.1, 0.15) is 15.9 Å². The predicted octanol–water partition coefficient (Wildman–Crippen LogP) is 2.50. The highest BCUT2D eigenvalue weighted by molar-refractivity contribution is 9.10. The maximum Gasteiger partial charge on any atom is 0.259 e. The number of nitrogens with zero attached hydrogens (tertiary/aromatic N) is 1. The number of hydrogen-bond donors (Lipinski definition) is 4. The first kappa shape index (κ1) is 14.9. The van der Waals surface area contributed by atoms with Gasteiger partial charge in [0.2, 0.25) is 0 Å². The van der Waals surface area contributed by atoms with Crippen molar-refractivity contribution in [1.29, 1.82) is 0 Å². The number of rotatable bonds is 3. The number of anilines is 1. The SMILES string of the molecule is N/C(=N/O)c1ccccc1NC(=O)c1cc(Br)ccc1O. The normalized spacial score (nSPS) is 11.2. The molecule has 0 heterocycles. The van der Waals surface area contributed by atoms with Gasteiger partial charge in [0.25, 0.3) is 5.91 Å². The summed E-state index contributed by atoms with van der Waals surface area (Å²) in [5, 5.41) is 24.0. The number of oxime groups is 1. The average molecular weight is 350 g/mol. The molecule has 0 unspecified atom stereocenters. The van der Waals surface area contributed by atoms with E-state index in [2.05, 4.69) is 26.4 Å². The van der Waals surface area contributed by atoms with Crippen molar-refractivity contribution < 1.29 is 15.1 Å². The van der Waals surface area contributed by atoms with Crippen LogP contribution < -0.4 is 11.1 Å². The maximum atomic E-state index is 12.2. The summed E-state index contributed by atoms with van der Waals surface area (Å²) in [5.74, 6) is -0.770. The predicted molar refractivity (Wildman–Crippen MR) is 82.7 cm³/mol. The standard InChI is InChI=1S/C14H12BrN3O3/c15-8-5-6-12(19)10(7-8)14(20)17-11-4-2-1-3-9(11)13(16)18-21/h1-7,19,21H,(H2,16,18)(H,17,20). The first-order chi connectivity index (χ1) is 10.0. The minimum Gasteiger partial charge on any atom is -0.507 e. The highest BCUT2D eigenvalue weighted by Crippen LogP contribution is 2.24. The second kappa shape index (κ2) is 6.27. The highest BCUT2D eigenvalue weighted by Gasteiger charge is 2.14. The van der Waals surface area contributed by atoms with Gasteiger partial charge < -0.3 is 21.4 Å². The molecule has 108 valence electrons. The average Bonchev–Trinajstić information content (AvgIpc) is 2.49. The lowest BCUT2D eigenvalue weighted by atomic mass is 10.1. The van der Waals surface area contributed by atoms with Gasteiger partial charge in [-0.15, -0.1) is 0 Å². The van der Waals surface area contributed by atoms with Crippen LogP contribution >= 0.6 is 15.9 Å². The second-order valence-corrected chi connectivity index (χ2v) is 5.06. The molecule has 7 heteroatoms. The van der Waals surface area contributed by atoms with Crippen molar-refractivity contribution in [3.8, 4) is 5.75 Å². The highest BCUT2D eigenvalue weighted by atomic mass is 79.9. The summed E-state index contributed by atoms with van der Waals surface area (Å²) in [5.41, 5.74) is 6.42. The zero-order chi connectivity index (χ0) is 15.4. The molecule has 2 rings (SSSR count). The van der Waals surface area contributed by atoms with Crippen molar-refractivity contribution in [2.45, 2.75) is 0 Å². The summed E-state index contributed by atoms with van der Waals surface area (Å²) in [4.78, 5) is 12.2. The van der Waals surface area contributed by atoms with E-state index >= 15 is 0 Å². The van der Waals surface area contributed by atoms with Gasteiger partial charge in [-0.3, -0.25) is 4.79 Å². The molecule has 0 aliphatic carbocycles. The van der Waals surface area contributed by atoms with Crippen LogP contribution in [0.15, 0.2) is 52.1 Å². The monoisotopic (exact) mass is 349 g/mol. The van der Waals surface area contributed by atoms with Crippen LogP contribution in [0.2, 0.25) is 0 Å². The summed E-state index contributed by atoms with van der Waals surface area (Å²) < 4.78 is 0.662. The van der Waals surface area contributed by atoms with E-state index in [1.165, 1.54) is 12.1 Å². The van der Waals surface area contributed by atoms with Crippen molar-refractivity contribution in [2.24, 2.45) is 10.9 Å². The number of nitrogens with one attached hydrogen (secondary N) is 1. The Labute approximate surface area is 129 Å². The van der Waals surface area contributed by atoms with Crippen LogP contribution in [0.4, 0.5) is 5.69 Å². The summed E-state index contributed by atoms with van der Waals surface area (Å²) in [6.07, 6.45) is 0. The third-order valence-corrected chi connectivity index (χ3v) is 3.26. The van der Waals surface area contributed by atoms with E-state index < -0.39 is 5.91 Å². The van der Waals surface area contributed by atoms with E-state index in [4.69, 9.17) is 10.9 Å². The number of carbonyl (C=O) groups excluding carboxylic acids is 1. The Morgan fingerprint density at radius 3 is 2.62 bits per heavy atom. The van der Waals surface area contributed by atoms with Gasteiger partial charge in [0.15, 0.2) is 5.84 Å². The fraction of sp³-hybridized carbons (Fsp3) is 0. The van der Waals surface area contributed by atoms with Crippen molar-refractivity contribution in [3.05, 3.63) is 58.1 Å². The zero-order valence-electron chi connectivity index (χ0n) is 10.7. The molecule has 1 amide bonds. The molecule has 0 aromatic heterocycles. The molecule has 0 saturated carbocycles. The lowest BCUT2D eigenvalue weighted by Crippen LogP contribution is -2.19. The molecular formula is C14H12BrN3O3. The van der Waals surface area contributed by atoms with E-state index in [1.807, 2.05) is 0 Å². The summed E-state index contributed by atoms with van der Waals surface area (Å²) in [6, 6.07) is 11.1. The number of phenols is 1. The van der Waals surface area contributed by atoms with Gasteiger partial charge in [-0.25, -0.2) is 0 Å². The zero-order valence-corrected chi connectivity index (χ0v) is 12.3. The van der Waals surface area contributed by atoms with Gasteiger partial charge in [-0.1, -0.05) is 33.2 Å². The van der Waals surface area contributed by atoms with Crippen LogP contribution in [-0.2, 0) is 0 Å². The Kier molecular flexibility index (Phi) is 4.44. The minimum atomic E-state index is -0.507. The minimum absolute atomic E-state index is 0.110. The third-order valence-electron chi connectivity index (χ3n) is 2.76. The number of para-hydroxylation sites is 1. The molecule has 6 nitrogen and oxygen atoms in total. The number of benzene rings is 2. The van der Waals surface area contributed by atoms with Crippen molar-refractivity contribution >= 4 is 33.4 Å². The van der Waals surface area contributed by atoms with Crippen LogP contribution in [0.5, 0.6) is 5.75 Å². The molecule has 0 spiro atoms. The molecule has 0 aliphatic rings. The fourth-order valence-corrected chi connectivity index (χ4v) is 2.11. The smallest absolute Gasteiger partial charge is 0.259 e. The molecule has 5 N–H and O–H groups in total. The number of amides is 1. The summed E-state index contributed by atoms with van der Waals surface area (Å²) >= 11 is 3.24. The Balaban J connectivity index is 2.34. The number of aromatic hydroxyl groups is 1. The van der Waals surface area contributed by atoms with E-state index in [1.54, 1.807) is 30.3 Å². The van der Waals surface area contributed by atoms with E-state index in [-0.39, 0.29) is 17.1 Å². The largest absolute Gasteiger partial charge is 0.507 e. The Hall–Kier alpha value is -2.54. The number of amidine groups is 1. The number of phenolic OH excluding ortho intramolecular Hbond substituents is 1. The molecule has 0 fully saturated rings. The number of halogens is 1. The fourth-order valence-electron chi connectivity index (χ4n) is 1.75. The van der Waals surface area contributed by atoms with E-state index in [9.17, 15) is 9.90 Å². The topological polar surface area (TPSA) is 108 Å². The van der Waals surface area contributed by atoms with Crippen LogP contribution in [0.3, 0.4) is 0 Å². The molecule has 0 radical (unpaired) electrons. The Morgan fingerprint density at radius 2 is 1.90 bits per heavy atom. The summed E-state index contributed by atoms with van der Waals surface area (Å²) in [7, 11) is 0. The Morgan fingerprint density at radius 1 is 1.19 bits per heavy atom. The number of hydrogen-bond acceptors (Lipinski definition) is 4. The van der Waals surface area contributed by atoms with Gasteiger partial charge in [0.1, 0.15) is 5.75 Å². The third kappa shape index (κ3) is 3.32. The van der Waals surface area contributed by atoms with Crippen LogP contribution in [0.25, 0.3) is 0 Å². The molecule has 0 saturated heterocycles. The maximum absolute atomic E-state index is 12.2. The molecule has 2 aromatic rings. The van der Waals surface area contributed by atoms with Crippen molar-refractivity contribution in [2.75, 3.05) is 5.32 Å². The van der Waals surface area contributed by atoms with Gasteiger partial charge in [-0.05, 0) is 30.3 Å². The van der Waals surface area contributed by atoms with E-state index in [0.717, 1.165) is 0 Å². The van der Waals surface area contributed by atoms with Gasteiger partial charge in [0.05, 0.1) is 11.3 Å². The van der Waals surface area contributed by atoms with Crippen molar-refractivity contribution in [1.82, 2.24) is 0 Å². The molecule has 0 bridgehead atoms. The van der Waals surface area contributed by atoms with E-state index in [0.29, 0.717) is 15.7 Å². The van der Waals surface area contributed by atoms with Gasteiger partial charge in [-0.2, -0.15) is 0 Å². The van der Waals surface area contributed by atoms with Gasteiger partial charge in [0, 0.05) is 10.0 Å². The Bertz CT molecular complexity index is 716. The quantitative estimate of drug-likeness (QED) is 0.295. The number of carbonyl (C=O) groups is 1. The molecule has 2 aromatic carbocycles. The lowest BCUT2D eigenvalue weighted by Gasteiger charge is -2.11. The van der Waals surface area contributed by atoms with Crippen LogP contribution in [-0.4, -0.2) is 22.1 Å². The molecule has 0 atom stereocenters. The lowest BCUT2D eigenvalue weighted by molar-refractivity contribution is 0.102. The molecular weight excluding hydrogens is 338 g/mol. The first-order valence-electron chi connectivity index (χ1n) is 5.89. The molecule has 0 aliphatic heterocycles. The summed E-state index contributed by atoms with van der Waals surface area (Å²) in [6.45, 7) is 0. The number of nitrogens with two attached hydrogens (primary N) is 1. The van der Waals surface area contributed by atoms with Gasteiger partial charge >= 0.3 is 0 Å². The molecule has 21 heavy (non-hydrogen) atoms. The van der Waals surface area contributed by atoms with Crippen LogP contribution in [0, 0.1) is 0 Å².